The molecule has 3 N–H and O–H groups in total. The average molecular weight is 678 g/mol. The first-order valence-electron chi connectivity index (χ1n) is 14.7. The minimum atomic E-state index is -1.46. The van der Waals surface area contributed by atoms with Gasteiger partial charge in [-0.15, -0.1) is 5.10 Å². The first-order chi connectivity index (χ1) is 21.4. The minimum absolute atomic E-state index is 0.0100. The van der Waals surface area contributed by atoms with Crippen LogP contribution in [0.4, 0.5) is 36.4 Å². The van der Waals surface area contributed by atoms with Crippen LogP contribution in [0.2, 0.25) is 10.0 Å². The molecule has 0 spiro atoms. The summed E-state index contributed by atoms with van der Waals surface area (Å²) in [6, 6.07) is 9.26. The van der Waals surface area contributed by atoms with E-state index in [0.717, 1.165) is 31.5 Å². The Hall–Kier alpha value is -4.23. The van der Waals surface area contributed by atoms with Crippen molar-refractivity contribution >= 4 is 75.6 Å². The van der Waals surface area contributed by atoms with Gasteiger partial charge in [0.2, 0.25) is 0 Å². The average Bonchev–Trinajstić information content (AvgIpc) is 3.30. The number of piperidine rings is 1. The summed E-state index contributed by atoms with van der Waals surface area (Å²) in [5.41, 5.74) is -0.768. The van der Waals surface area contributed by atoms with Crippen molar-refractivity contribution in [1.29, 1.82) is 0 Å². The molecule has 248 valence electrons. The predicted octanol–water partition coefficient (Wildman–Crippen LogP) is 7.73. The summed E-state index contributed by atoms with van der Waals surface area (Å²) in [7, 11) is 0. The van der Waals surface area contributed by atoms with Crippen LogP contribution < -0.4 is 20.4 Å². The van der Waals surface area contributed by atoms with Gasteiger partial charge in [0.25, 0.3) is 0 Å². The zero-order valence-corrected chi connectivity index (χ0v) is 28.0. The highest BCUT2D eigenvalue weighted by Gasteiger charge is 2.36. The summed E-state index contributed by atoms with van der Waals surface area (Å²) < 4.78 is 11.5. The van der Waals surface area contributed by atoms with Crippen LogP contribution in [0.5, 0.6) is 0 Å². The van der Waals surface area contributed by atoms with Crippen molar-refractivity contribution in [3.63, 3.8) is 0 Å². The molecule has 2 aromatic carbocycles. The molecule has 0 unspecified atom stereocenters. The van der Waals surface area contributed by atoms with Crippen molar-refractivity contribution in [2.24, 2.45) is 0 Å². The number of ether oxygens (including phenoxy) is 2. The molecule has 0 bridgehead atoms. The van der Waals surface area contributed by atoms with Crippen LogP contribution in [0.1, 0.15) is 60.8 Å². The van der Waals surface area contributed by atoms with Gasteiger partial charge < -0.3 is 30.1 Å². The number of halogens is 2. The van der Waals surface area contributed by atoms with E-state index < -0.39 is 35.5 Å². The summed E-state index contributed by atoms with van der Waals surface area (Å²) >= 11 is 12.3. The van der Waals surface area contributed by atoms with Crippen molar-refractivity contribution in [2.45, 2.75) is 78.0 Å². The van der Waals surface area contributed by atoms with Gasteiger partial charge in [-0.2, -0.15) is 9.58 Å². The molecule has 0 aliphatic carbocycles. The minimum Gasteiger partial charge on any atom is -0.463 e. The maximum Gasteiger partial charge on any atom is 0.432 e. The lowest BCUT2D eigenvalue weighted by molar-refractivity contribution is 0.0428. The lowest BCUT2D eigenvalue weighted by Gasteiger charge is -2.37. The number of carbonyl (C=O) groups is 4. The normalized spacial score (nSPS) is 15.3. The van der Waals surface area contributed by atoms with Crippen LogP contribution in [-0.4, -0.2) is 69.5 Å². The summed E-state index contributed by atoms with van der Waals surface area (Å²) in [4.78, 5) is 54.4. The third-order valence-corrected chi connectivity index (χ3v) is 7.56. The monoisotopic (exact) mass is 676 g/mol. The van der Waals surface area contributed by atoms with Gasteiger partial charge in [0, 0.05) is 35.9 Å². The number of nitrogens with zero attached hydrogens (tertiary/aromatic N) is 4. The quantitative estimate of drug-likeness (QED) is 0.246. The first kappa shape index (κ1) is 34.6. The number of amides is 4. The van der Waals surface area contributed by atoms with Gasteiger partial charge in [-0.25, -0.2) is 19.2 Å². The van der Waals surface area contributed by atoms with E-state index in [1.165, 1.54) is 18.2 Å². The maximum atomic E-state index is 13.3. The van der Waals surface area contributed by atoms with Gasteiger partial charge in [-0.3, -0.25) is 0 Å². The van der Waals surface area contributed by atoms with Crippen molar-refractivity contribution in [2.75, 3.05) is 28.2 Å². The van der Waals surface area contributed by atoms with Crippen LogP contribution in [0.3, 0.4) is 0 Å². The molecule has 1 aliphatic rings. The number of benzene rings is 2. The van der Waals surface area contributed by atoms with Crippen molar-refractivity contribution in [1.82, 2.24) is 15.1 Å². The molecule has 0 saturated carbocycles. The molecule has 4 rings (SSSR count). The molecule has 1 fully saturated rings. The van der Waals surface area contributed by atoms with E-state index in [2.05, 4.69) is 20.6 Å². The lowest BCUT2D eigenvalue weighted by Crippen LogP contribution is -2.47. The molecule has 1 aromatic heterocycles. The molecular formula is C31H38Cl2N6O7. The highest BCUT2D eigenvalue weighted by atomic mass is 35.5. The standard InChI is InChI=1S/C31H38Cl2N6O7/c1-30(2,3)45-28(43)38(29(44)46-31(4,5)6)25-21-15-18(10-13-24(21)39(36-25)27(41)42)35-26(40)34-17-20-9-7-8-14-37(20)19-11-12-22(32)23(33)16-19/h10-13,15-16,20H,7-9,14,17H2,1-6H3,(H,41,42)(H2,34,35,40)/t20-/m0/s1. The number of fused-ring (bicyclic) bond motifs is 1. The van der Waals surface area contributed by atoms with E-state index >= 15 is 0 Å². The number of hydrogen-bond acceptors (Lipinski definition) is 8. The second-order valence-corrected chi connectivity index (χ2v) is 13.6. The number of urea groups is 1. The van der Waals surface area contributed by atoms with Gasteiger partial charge in [0.1, 0.15) is 11.2 Å². The third kappa shape index (κ3) is 8.52. The van der Waals surface area contributed by atoms with Crippen molar-refractivity contribution in [3.05, 3.63) is 46.4 Å². The molecule has 4 amide bonds. The van der Waals surface area contributed by atoms with Crippen LogP contribution in [0.25, 0.3) is 10.9 Å². The molecule has 46 heavy (non-hydrogen) atoms. The van der Waals surface area contributed by atoms with E-state index in [1.54, 1.807) is 47.6 Å². The van der Waals surface area contributed by atoms with Gasteiger partial charge in [0.15, 0.2) is 5.82 Å². The van der Waals surface area contributed by atoms with Crippen LogP contribution in [0, 0.1) is 0 Å². The lowest BCUT2D eigenvalue weighted by atomic mass is 10.0. The Kier molecular flexibility index (Phi) is 10.3. The smallest absolute Gasteiger partial charge is 0.432 e. The number of carbonyl (C=O) groups excluding carboxylic acids is 3. The number of aromatic nitrogens is 2. The van der Waals surface area contributed by atoms with Crippen LogP contribution >= 0.6 is 23.2 Å². The summed E-state index contributed by atoms with van der Waals surface area (Å²) in [5.74, 6) is -0.343. The molecule has 1 atom stereocenters. The molecule has 1 aliphatic heterocycles. The van der Waals surface area contributed by atoms with Gasteiger partial charge in [-0.05, 0) is 97.2 Å². The first-order valence-corrected chi connectivity index (χ1v) is 15.5. The number of carboxylic acid groups (broad SMARTS) is 1. The third-order valence-electron chi connectivity index (χ3n) is 6.82. The Morgan fingerprint density at radius 1 is 0.957 bits per heavy atom. The number of nitrogens with one attached hydrogen (secondary N) is 2. The largest absolute Gasteiger partial charge is 0.463 e. The Labute approximate surface area is 276 Å². The Morgan fingerprint density at radius 3 is 2.20 bits per heavy atom. The van der Waals surface area contributed by atoms with Crippen LogP contribution in [0.15, 0.2) is 36.4 Å². The molecule has 13 nitrogen and oxygen atoms in total. The van der Waals surface area contributed by atoms with E-state index in [4.69, 9.17) is 32.7 Å². The van der Waals surface area contributed by atoms with E-state index in [0.29, 0.717) is 26.2 Å². The highest BCUT2D eigenvalue weighted by molar-refractivity contribution is 6.42. The second-order valence-electron chi connectivity index (χ2n) is 12.8. The molecule has 3 aromatic rings. The number of hydrogen-bond donors (Lipinski definition) is 3. The second kappa shape index (κ2) is 13.6. The van der Waals surface area contributed by atoms with Crippen molar-refractivity contribution < 1.29 is 33.8 Å². The molecular weight excluding hydrogens is 639 g/mol. The predicted molar refractivity (Wildman–Crippen MR) is 177 cm³/mol. The van der Waals surface area contributed by atoms with E-state index in [-0.39, 0.29) is 28.5 Å². The van der Waals surface area contributed by atoms with Gasteiger partial charge >= 0.3 is 24.3 Å². The zero-order chi connectivity index (χ0) is 34.0. The van der Waals surface area contributed by atoms with Crippen molar-refractivity contribution in [3.8, 4) is 0 Å². The SMILES string of the molecule is CC(C)(C)OC(=O)N(C(=O)OC(C)(C)C)c1nn(C(=O)O)c2ccc(NC(=O)NC[C@@H]3CCCCN3c3ccc(Cl)c(Cl)c3)cc12. The molecule has 15 heteroatoms. The van der Waals surface area contributed by atoms with E-state index in [9.17, 15) is 24.3 Å². The van der Waals surface area contributed by atoms with Gasteiger partial charge in [0.05, 0.1) is 15.6 Å². The summed E-state index contributed by atoms with van der Waals surface area (Å²) in [5, 5.41) is 20.5. The molecule has 0 radical (unpaired) electrons. The maximum absolute atomic E-state index is 13.3. The van der Waals surface area contributed by atoms with E-state index in [1.807, 2.05) is 12.1 Å². The van der Waals surface area contributed by atoms with Gasteiger partial charge in [-0.1, -0.05) is 23.2 Å². The topological polar surface area (TPSA) is 155 Å². The fourth-order valence-corrected chi connectivity index (χ4v) is 5.25. The molecule has 1 saturated heterocycles. The van der Waals surface area contributed by atoms with Crippen LogP contribution in [-0.2, 0) is 9.47 Å². The Balaban J connectivity index is 1.60. The summed E-state index contributed by atoms with van der Waals surface area (Å²) in [6.07, 6.45) is -0.830. The fraction of sp³-hybridized carbons (Fsp3) is 0.452. The number of rotatable bonds is 5. The number of anilines is 3. The summed E-state index contributed by atoms with van der Waals surface area (Å²) in [6.45, 7) is 10.8. The molecule has 2 heterocycles. The Bertz CT molecular complexity index is 1620. The Morgan fingerprint density at radius 2 is 1.61 bits per heavy atom. The highest BCUT2D eigenvalue weighted by Crippen LogP contribution is 2.33. The number of imide groups is 1. The fourth-order valence-electron chi connectivity index (χ4n) is 4.96. The zero-order valence-electron chi connectivity index (χ0n) is 26.5.